The number of nitrogens with one attached hydrogen (secondary N) is 1. The number of hydrogen-bond donors (Lipinski definition) is 1. The molecule has 0 aromatic heterocycles. The van der Waals surface area contributed by atoms with Gasteiger partial charge in [0.2, 0.25) is 0 Å². The minimum atomic E-state index is 0. The predicted octanol–water partition coefficient (Wildman–Crippen LogP) is 2.77. The Morgan fingerprint density at radius 3 is 2.65 bits per heavy atom. The van der Waals surface area contributed by atoms with E-state index in [0.29, 0.717) is 12.0 Å². The largest absolute Gasteiger partial charge is 0.497 e. The molecule has 1 aromatic rings. The van der Waals surface area contributed by atoms with Crippen LogP contribution in [0.4, 0.5) is 0 Å². The molecule has 3 rings (SSSR count). The molecule has 0 amide bonds. The van der Waals surface area contributed by atoms with Gasteiger partial charge in [-0.1, -0.05) is 0 Å². The molecule has 2 aliphatic heterocycles. The lowest BCUT2D eigenvalue weighted by molar-refractivity contribution is 0.156. The van der Waals surface area contributed by atoms with Crippen LogP contribution in [0.3, 0.4) is 0 Å². The van der Waals surface area contributed by atoms with Crippen LogP contribution in [0.5, 0.6) is 11.5 Å². The van der Waals surface area contributed by atoms with Crippen molar-refractivity contribution < 1.29 is 14.2 Å². The Morgan fingerprint density at radius 1 is 1.31 bits per heavy atom. The molecule has 6 nitrogen and oxygen atoms in total. The van der Waals surface area contributed by atoms with Gasteiger partial charge in [0, 0.05) is 32.2 Å². The van der Waals surface area contributed by atoms with Crippen molar-refractivity contribution in [3.05, 3.63) is 24.3 Å². The Morgan fingerprint density at radius 2 is 2.04 bits per heavy atom. The normalized spacial score (nSPS) is 23.7. The number of benzene rings is 1. The summed E-state index contributed by atoms with van der Waals surface area (Å²) in [6, 6.07) is 7.66. The van der Waals surface area contributed by atoms with Gasteiger partial charge in [-0.05, 0) is 44.0 Å². The lowest BCUT2D eigenvalue weighted by Crippen LogP contribution is -2.44. The monoisotopic (exact) mass is 475 g/mol. The summed E-state index contributed by atoms with van der Waals surface area (Å²) in [5.74, 6) is 2.62. The molecule has 0 radical (unpaired) electrons. The molecule has 0 aliphatic carbocycles. The number of nitrogens with zero attached hydrogens (tertiary/aromatic N) is 2. The summed E-state index contributed by atoms with van der Waals surface area (Å²) in [5.41, 5.74) is 0.336. The van der Waals surface area contributed by atoms with Gasteiger partial charge < -0.3 is 24.4 Å². The van der Waals surface area contributed by atoms with Crippen LogP contribution in [0, 0.1) is 5.41 Å². The van der Waals surface area contributed by atoms with Crippen molar-refractivity contribution in [1.82, 2.24) is 10.2 Å². The van der Waals surface area contributed by atoms with E-state index in [1.54, 1.807) is 7.11 Å². The highest BCUT2D eigenvalue weighted by Crippen LogP contribution is 2.38. The molecule has 2 atom stereocenters. The molecule has 7 heteroatoms. The van der Waals surface area contributed by atoms with Gasteiger partial charge in [-0.2, -0.15) is 0 Å². The fourth-order valence-corrected chi connectivity index (χ4v) is 3.58. The second kappa shape index (κ2) is 9.64. The lowest BCUT2D eigenvalue weighted by atomic mass is 9.87. The first kappa shape index (κ1) is 21.1. The van der Waals surface area contributed by atoms with E-state index >= 15 is 0 Å². The number of aliphatic imine (C=N–C) groups is 1. The average molecular weight is 475 g/mol. The van der Waals surface area contributed by atoms with E-state index in [1.165, 1.54) is 6.42 Å². The number of methoxy groups -OCH3 is 1. The van der Waals surface area contributed by atoms with Gasteiger partial charge in [-0.15, -0.1) is 24.0 Å². The molecule has 2 aliphatic rings. The summed E-state index contributed by atoms with van der Waals surface area (Å²) >= 11 is 0. The van der Waals surface area contributed by atoms with Crippen LogP contribution in [-0.2, 0) is 4.74 Å². The highest BCUT2D eigenvalue weighted by atomic mass is 127. The summed E-state index contributed by atoms with van der Waals surface area (Å²) in [4.78, 5) is 6.79. The van der Waals surface area contributed by atoms with Crippen LogP contribution in [0.25, 0.3) is 0 Å². The van der Waals surface area contributed by atoms with Gasteiger partial charge in [0.1, 0.15) is 17.6 Å². The first-order chi connectivity index (χ1) is 12.1. The Kier molecular flexibility index (Phi) is 7.82. The first-order valence-corrected chi connectivity index (χ1v) is 8.98. The lowest BCUT2D eigenvalue weighted by Gasteiger charge is -2.26. The molecule has 146 valence electrons. The number of rotatable bonds is 5. The molecule has 26 heavy (non-hydrogen) atoms. The van der Waals surface area contributed by atoms with Crippen molar-refractivity contribution in [2.75, 3.05) is 47.0 Å². The number of hydrogen-bond acceptors (Lipinski definition) is 4. The molecule has 1 aromatic carbocycles. The zero-order valence-electron chi connectivity index (χ0n) is 15.9. The van der Waals surface area contributed by atoms with Gasteiger partial charge in [-0.3, -0.25) is 4.99 Å². The van der Waals surface area contributed by atoms with Gasteiger partial charge in [0.15, 0.2) is 5.96 Å². The Labute approximate surface area is 173 Å². The minimum Gasteiger partial charge on any atom is -0.497 e. The second-order valence-electron chi connectivity index (χ2n) is 7.01. The van der Waals surface area contributed by atoms with E-state index in [2.05, 4.69) is 22.1 Å². The van der Waals surface area contributed by atoms with E-state index < -0.39 is 0 Å². The van der Waals surface area contributed by atoms with E-state index in [-0.39, 0.29) is 30.1 Å². The van der Waals surface area contributed by atoms with Crippen LogP contribution in [0.1, 0.15) is 19.8 Å². The summed E-state index contributed by atoms with van der Waals surface area (Å²) in [6.45, 7) is 6.61. The molecule has 0 saturated carbocycles. The number of guanidine groups is 1. The SMILES string of the molecule is CN=C(NCC(C)Oc1ccc(OC)cc1)N1CCC2(CCOC2)C1.I. The first-order valence-electron chi connectivity index (χ1n) is 8.98. The average Bonchev–Trinajstić information content (AvgIpc) is 3.26. The fraction of sp³-hybridized carbons (Fsp3) is 0.632. The van der Waals surface area contributed by atoms with Crippen LogP contribution in [0.2, 0.25) is 0 Å². The van der Waals surface area contributed by atoms with Gasteiger partial charge in [0.05, 0.1) is 20.3 Å². The van der Waals surface area contributed by atoms with Crippen molar-refractivity contribution in [2.45, 2.75) is 25.9 Å². The number of ether oxygens (including phenoxy) is 3. The standard InChI is InChI=1S/C19H29N3O3.HI/c1-15(25-17-6-4-16(23-3)5-7-17)12-21-18(20-2)22-10-8-19(13-22)9-11-24-14-19;/h4-7,15H,8-14H2,1-3H3,(H,20,21);1H. The summed E-state index contributed by atoms with van der Waals surface area (Å²) in [7, 11) is 3.50. The molecule has 1 N–H and O–H groups in total. The van der Waals surface area contributed by atoms with Gasteiger partial charge in [-0.25, -0.2) is 0 Å². The van der Waals surface area contributed by atoms with Crippen LogP contribution in [-0.4, -0.2) is 64.0 Å². The third-order valence-corrected chi connectivity index (χ3v) is 5.08. The highest BCUT2D eigenvalue weighted by molar-refractivity contribution is 14.0. The van der Waals surface area contributed by atoms with Crippen LogP contribution >= 0.6 is 24.0 Å². The molecular weight excluding hydrogens is 445 g/mol. The minimum absolute atomic E-state index is 0. The topological polar surface area (TPSA) is 55.3 Å². The van der Waals surface area contributed by atoms with Gasteiger partial charge in [0.25, 0.3) is 0 Å². The fourth-order valence-electron chi connectivity index (χ4n) is 3.58. The maximum Gasteiger partial charge on any atom is 0.193 e. The number of likely N-dealkylation sites (tertiary alicyclic amines) is 1. The van der Waals surface area contributed by atoms with E-state index in [4.69, 9.17) is 14.2 Å². The zero-order chi connectivity index (χ0) is 17.7. The van der Waals surface area contributed by atoms with E-state index in [0.717, 1.165) is 50.2 Å². The Balaban J connectivity index is 0.00000243. The van der Waals surface area contributed by atoms with Gasteiger partial charge >= 0.3 is 0 Å². The third kappa shape index (κ3) is 5.16. The van der Waals surface area contributed by atoms with E-state index in [1.807, 2.05) is 31.3 Å². The zero-order valence-corrected chi connectivity index (χ0v) is 18.2. The summed E-state index contributed by atoms with van der Waals surface area (Å²) in [6.07, 6.45) is 2.39. The van der Waals surface area contributed by atoms with E-state index in [9.17, 15) is 0 Å². The van der Waals surface area contributed by atoms with Crippen molar-refractivity contribution in [1.29, 1.82) is 0 Å². The van der Waals surface area contributed by atoms with Crippen molar-refractivity contribution in [3.63, 3.8) is 0 Å². The predicted molar refractivity (Wildman–Crippen MR) is 114 cm³/mol. The molecule has 2 fully saturated rings. The molecule has 2 unspecified atom stereocenters. The molecule has 2 heterocycles. The third-order valence-electron chi connectivity index (χ3n) is 5.08. The Bertz CT molecular complexity index is 588. The maximum absolute atomic E-state index is 5.95. The quantitative estimate of drug-likeness (QED) is 0.404. The molecule has 2 saturated heterocycles. The van der Waals surface area contributed by atoms with Crippen LogP contribution in [0.15, 0.2) is 29.3 Å². The highest BCUT2D eigenvalue weighted by Gasteiger charge is 2.42. The Hall–Kier alpha value is -1.22. The summed E-state index contributed by atoms with van der Waals surface area (Å²) in [5, 5.41) is 3.45. The summed E-state index contributed by atoms with van der Waals surface area (Å²) < 4.78 is 16.7. The van der Waals surface area contributed by atoms with Crippen LogP contribution < -0.4 is 14.8 Å². The molecule has 1 spiro atoms. The smallest absolute Gasteiger partial charge is 0.193 e. The van der Waals surface area contributed by atoms with Crippen molar-refractivity contribution >= 4 is 29.9 Å². The molecule has 0 bridgehead atoms. The second-order valence-corrected chi connectivity index (χ2v) is 7.01. The molecular formula is C19H30IN3O3. The maximum atomic E-state index is 5.95. The van der Waals surface area contributed by atoms with Crippen molar-refractivity contribution in [2.24, 2.45) is 10.4 Å². The van der Waals surface area contributed by atoms with Crippen molar-refractivity contribution in [3.8, 4) is 11.5 Å². The number of halogens is 1.